The van der Waals surface area contributed by atoms with Crippen LogP contribution >= 0.6 is 15.9 Å². The molecule has 78 valence electrons. The van der Waals surface area contributed by atoms with Gasteiger partial charge in [0.2, 0.25) is 0 Å². The SMILES string of the molecule is CCC(C)C(N)Cc1ccccc1Br. The lowest BCUT2D eigenvalue weighted by Crippen LogP contribution is -2.30. The summed E-state index contributed by atoms with van der Waals surface area (Å²) in [7, 11) is 0. The van der Waals surface area contributed by atoms with Crippen LogP contribution in [0.25, 0.3) is 0 Å². The van der Waals surface area contributed by atoms with E-state index in [1.807, 2.05) is 6.07 Å². The maximum Gasteiger partial charge on any atom is 0.0207 e. The van der Waals surface area contributed by atoms with Crippen molar-refractivity contribution in [2.24, 2.45) is 11.7 Å². The van der Waals surface area contributed by atoms with Gasteiger partial charge in [-0.05, 0) is 24.0 Å². The van der Waals surface area contributed by atoms with Crippen molar-refractivity contribution in [1.29, 1.82) is 0 Å². The highest BCUT2D eigenvalue weighted by molar-refractivity contribution is 9.10. The fraction of sp³-hybridized carbons (Fsp3) is 0.500. The van der Waals surface area contributed by atoms with Gasteiger partial charge in [0.05, 0.1) is 0 Å². The molecule has 0 aliphatic carbocycles. The Morgan fingerprint density at radius 2 is 2.00 bits per heavy atom. The molecule has 14 heavy (non-hydrogen) atoms. The van der Waals surface area contributed by atoms with Gasteiger partial charge >= 0.3 is 0 Å². The first-order valence-corrected chi connectivity index (χ1v) is 5.93. The van der Waals surface area contributed by atoms with Crippen molar-refractivity contribution in [3.8, 4) is 0 Å². The molecular weight excluding hydrogens is 238 g/mol. The van der Waals surface area contributed by atoms with Crippen LogP contribution < -0.4 is 5.73 Å². The largest absolute Gasteiger partial charge is 0.327 e. The molecule has 0 heterocycles. The Hall–Kier alpha value is -0.340. The van der Waals surface area contributed by atoms with Crippen molar-refractivity contribution in [3.63, 3.8) is 0 Å². The van der Waals surface area contributed by atoms with Crippen molar-refractivity contribution < 1.29 is 0 Å². The molecule has 2 N–H and O–H groups in total. The molecule has 0 radical (unpaired) electrons. The van der Waals surface area contributed by atoms with Gasteiger partial charge in [-0.3, -0.25) is 0 Å². The molecule has 0 fully saturated rings. The van der Waals surface area contributed by atoms with Gasteiger partial charge in [0.1, 0.15) is 0 Å². The minimum absolute atomic E-state index is 0.263. The highest BCUT2D eigenvalue weighted by Gasteiger charge is 2.12. The minimum Gasteiger partial charge on any atom is -0.327 e. The molecule has 1 aromatic rings. The van der Waals surface area contributed by atoms with Gasteiger partial charge in [-0.1, -0.05) is 54.4 Å². The zero-order chi connectivity index (χ0) is 10.6. The second-order valence-corrected chi connectivity index (χ2v) is 4.70. The zero-order valence-electron chi connectivity index (χ0n) is 8.83. The summed E-state index contributed by atoms with van der Waals surface area (Å²) >= 11 is 3.54. The first kappa shape index (κ1) is 11.7. The summed E-state index contributed by atoms with van der Waals surface area (Å²) in [6.45, 7) is 4.39. The Labute approximate surface area is 94.8 Å². The maximum absolute atomic E-state index is 6.11. The third kappa shape index (κ3) is 3.10. The van der Waals surface area contributed by atoms with Crippen LogP contribution in [0.1, 0.15) is 25.8 Å². The highest BCUT2D eigenvalue weighted by atomic mass is 79.9. The van der Waals surface area contributed by atoms with Crippen molar-refractivity contribution in [2.75, 3.05) is 0 Å². The Morgan fingerprint density at radius 3 is 2.57 bits per heavy atom. The van der Waals surface area contributed by atoms with E-state index in [0.717, 1.165) is 12.8 Å². The van der Waals surface area contributed by atoms with Crippen molar-refractivity contribution in [1.82, 2.24) is 0 Å². The first-order chi connectivity index (χ1) is 6.65. The Kier molecular flexibility index (Phi) is 4.63. The summed E-state index contributed by atoms with van der Waals surface area (Å²) in [5, 5.41) is 0. The van der Waals surface area contributed by atoms with Gasteiger partial charge in [0.25, 0.3) is 0 Å². The van der Waals surface area contributed by atoms with E-state index in [-0.39, 0.29) is 6.04 Å². The van der Waals surface area contributed by atoms with Gasteiger partial charge in [-0.25, -0.2) is 0 Å². The normalized spacial score (nSPS) is 15.1. The molecular formula is C12H18BrN. The van der Waals surface area contributed by atoms with Crippen molar-refractivity contribution in [2.45, 2.75) is 32.7 Å². The number of halogens is 1. The summed E-state index contributed by atoms with van der Waals surface area (Å²) in [6, 6.07) is 8.55. The van der Waals surface area contributed by atoms with E-state index in [2.05, 4.69) is 48.0 Å². The van der Waals surface area contributed by atoms with E-state index in [1.54, 1.807) is 0 Å². The van der Waals surface area contributed by atoms with E-state index in [1.165, 1.54) is 10.0 Å². The van der Waals surface area contributed by atoms with Crippen LogP contribution in [0.5, 0.6) is 0 Å². The van der Waals surface area contributed by atoms with Crippen molar-refractivity contribution in [3.05, 3.63) is 34.3 Å². The van der Waals surface area contributed by atoms with Gasteiger partial charge < -0.3 is 5.73 Å². The topological polar surface area (TPSA) is 26.0 Å². The summed E-state index contributed by atoms with van der Waals surface area (Å²) in [6.07, 6.45) is 2.10. The number of benzene rings is 1. The van der Waals surface area contributed by atoms with E-state index in [0.29, 0.717) is 5.92 Å². The average molecular weight is 256 g/mol. The summed E-state index contributed by atoms with van der Waals surface area (Å²) in [5.41, 5.74) is 7.41. The van der Waals surface area contributed by atoms with Crippen LogP contribution in [0.15, 0.2) is 28.7 Å². The molecule has 1 aromatic carbocycles. The van der Waals surface area contributed by atoms with Crippen LogP contribution in [0.2, 0.25) is 0 Å². The molecule has 0 amide bonds. The smallest absolute Gasteiger partial charge is 0.0207 e. The zero-order valence-corrected chi connectivity index (χ0v) is 10.4. The second kappa shape index (κ2) is 5.52. The molecule has 0 saturated heterocycles. The Balaban J connectivity index is 2.64. The van der Waals surface area contributed by atoms with E-state index >= 15 is 0 Å². The fourth-order valence-corrected chi connectivity index (χ4v) is 1.87. The minimum atomic E-state index is 0.263. The van der Waals surface area contributed by atoms with Gasteiger partial charge in [-0.15, -0.1) is 0 Å². The standard InChI is InChI=1S/C12H18BrN/c1-3-9(2)12(14)8-10-6-4-5-7-11(10)13/h4-7,9,12H,3,8,14H2,1-2H3. The molecule has 0 spiro atoms. The third-order valence-electron chi connectivity index (χ3n) is 2.79. The molecule has 1 rings (SSSR count). The average Bonchev–Trinajstić information content (AvgIpc) is 2.20. The molecule has 0 saturated carbocycles. The van der Waals surface area contributed by atoms with Gasteiger partial charge in [-0.2, -0.15) is 0 Å². The fourth-order valence-electron chi connectivity index (χ4n) is 1.42. The van der Waals surface area contributed by atoms with E-state index in [9.17, 15) is 0 Å². The molecule has 0 aromatic heterocycles. The van der Waals surface area contributed by atoms with Crippen LogP contribution in [0, 0.1) is 5.92 Å². The molecule has 2 heteroatoms. The third-order valence-corrected chi connectivity index (χ3v) is 3.56. The lowest BCUT2D eigenvalue weighted by molar-refractivity contribution is 0.440. The maximum atomic E-state index is 6.11. The summed E-state index contributed by atoms with van der Waals surface area (Å²) in [5.74, 6) is 0.585. The molecule has 2 atom stereocenters. The van der Waals surface area contributed by atoms with Gasteiger partial charge in [0, 0.05) is 10.5 Å². The number of hydrogen-bond donors (Lipinski definition) is 1. The summed E-state index contributed by atoms with van der Waals surface area (Å²) < 4.78 is 1.17. The highest BCUT2D eigenvalue weighted by Crippen LogP contribution is 2.19. The van der Waals surface area contributed by atoms with E-state index in [4.69, 9.17) is 5.73 Å². The van der Waals surface area contributed by atoms with Crippen LogP contribution in [0.3, 0.4) is 0 Å². The summed E-state index contributed by atoms with van der Waals surface area (Å²) in [4.78, 5) is 0. The molecule has 2 unspecified atom stereocenters. The Bertz CT molecular complexity index is 285. The molecule has 0 aliphatic heterocycles. The van der Waals surface area contributed by atoms with E-state index < -0.39 is 0 Å². The van der Waals surface area contributed by atoms with Crippen molar-refractivity contribution >= 4 is 15.9 Å². The first-order valence-electron chi connectivity index (χ1n) is 5.14. The second-order valence-electron chi connectivity index (χ2n) is 3.84. The van der Waals surface area contributed by atoms with Crippen LogP contribution in [-0.2, 0) is 6.42 Å². The van der Waals surface area contributed by atoms with Crippen LogP contribution in [-0.4, -0.2) is 6.04 Å². The number of nitrogens with two attached hydrogens (primary N) is 1. The molecule has 1 nitrogen and oxygen atoms in total. The Morgan fingerprint density at radius 1 is 1.36 bits per heavy atom. The number of rotatable bonds is 4. The molecule has 0 aliphatic rings. The predicted octanol–water partition coefficient (Wildman–Crippen LogP) is 3.37. The lowest BCUT2D eigenvalue weighted by Gasteiger charge is -2.18. The monoisotopic (exact) mass is 255 g/mol. The quantitative estimate of drug-likeness (QED) is 0.878. The predicted molar refractivity (Wildman–Crippen MR) is 65.3 cm³/mol. The number of hydrogen-bond acceptors (Lipinski definition) is 1. The van der Waals surface area contributed by atoms with Crippen LogP contribution in [0.4, 0.5) is 0 Å². The van der Waals surface area contributed by atoms with Gasteiger partial charge in [0.15, 0.2) is 0 Å². The molecule has 0 bridgehead atoms. The lowest BCUT2D eigenvalue weighted by atomic mass is 9.94.